The number of hydrogen-bond acceptors (Lipinski definition) is 2. The number of rotatable bonds is 3. The Labute approximate surface area is 116 Å². The first-order valence-electron chi connectivity index (χ1n) is 6.66. The van der Waals surface area contributed by atoms with E-state index in [1.807, 2.05) is 0 Å². The van der Waals surface area contributed by atoms with Gasteiger partial charge in [-0.3, -0.25) is 0 Å². The van der Waals surface area contributed by atoms with Crippen LogP contribution in [0.2, 0.25) is 0 Å². The van der Waals surface area contributed by atoms with Gasteiger partial charge in [-0.2, -0.15) is 12.7 Å². The third-order valence-corrected chi connectivity index (χ3v) is 5.27. The van der Waals surface area contributed by atoms with Gasteiger partial charge in [0.1, 0.15) is 0 Å². The van der Waals surface area contributed by atoms with Gasteiger partial charge in [0.25, 0.3) is 10.2 Å². The molecule has 0 aromatic heterocycles. The van der Waals surface area contributed by atoms with Crippen LogP contribution in [0.1, 0.15) is 36.6 Å². The Hall–Kier alpha value is -0.910. The van der Waals surface area contributed by atoms with Gasteiger partial charge in [-0.1, -0.05) is 37.6 Å². The predicted octanol–water partition coefficient (Wildman–Crippen LogP) is 2.01. The van der Waals surface area contributed by atoms with Crippen molar-refractivity contribution in [3.05, 3.63) is 34.9 Å². The van der Waals surface area contributed by atoms with E-state index in [0.717, 1.165) is 12.0 Å². The van der Waals surface area contributed by atoms with Gasteiger partial charge in [-0.15, -0.1) is 0 Å². The molecule has 5 heteroatoms. The lowest BCUT2D eigenvalue weighted by Crippen LogP contribution is -2.46. The van der Waals surface area contributed by atoms with Crippen molar-refractivity contribution in [2.75, 3.05) is 13.6 Å². The Bertz CT molecular complexity index is 567. The molecule has 1 aromatic rings. The van der Waals surface area contributed by atoms with Crippen molar-refractivity contribution >= 4 is 10.2 Å². The summed E-state index contributed by atoms with van der Waals surface area (Å²) in [6.45, 7) is 6.75. The van der Waals surface area contributed by atoms with Crippen LogP contribution >= 0.6 is 0 Å². The summed E-state index contributed by atoms with van der Waals surface area (Å²) in [5.74, 6) is 0.241. The van der Waals surface area contributed by atoms with Crippen LogP contribution in [-0.4, -0.2) is 26.3 Å². The van der Waals surface area contributed by atoms with Crippen molar-refractivity contribution in [3.63, 3.8) is 0 Å². The average Bonchev–Trinajstić information content (AvgIpc) is 2.36. The maximum atomic E-state index is 12.2. The van der Waals surface area contributed by atoms with Crippen LogP contribution < -0.4 is 4.72 Å². The molecule has 2 rings (SSSR count). The van der Waals surface area contributed by atoms with Gasteiger partial charge in [0, 0.05) is 13.6 Å². The van der Waals surface area contributed by atoms with Gasteiger partial charge in [-0.05, 0) is 30.4 Å². The van der Waals surface area contributed by atoms with Crippen molar-refractivity contribution in [2.24, 2.45) is 5.92 Å². The van der Waals surface area contributed by atoms with Crippen molar-refractivity contribution in [2.45, 2.75) is 33.2 Å². The first-order valence-corrected chi connectivity index (χ1v) is 8.10. The van der Waals surface area contributed by atoms with Crippen molar-refractivity contribution < 1.29 is 8.42 Å². The number of fused-ring (bicyclic) bond motifs is 1. The molecule has 1 aliphatic rings. The third kappa shape index (κ3) is 2.68. The molecule has 0 spiro atoms. The number of nitrogens with one attached hydrogen (secondary N) is 1. The van der Waals surface area contributed by atoms with Gasteiger partial charge >= 0.3 is 0 Å². The highest BCUT2D eigenvalue weighted by molar-refractivity contribution is 7.87. The van der Waals surface area contributed by atoms with Gasteiger partial charge in [0.2, 0.25) is 0 Å². The molecule has 0 amide bonds. The summed E-state index contributed by atoms with van der Waals surface area (Å²) >= 11 is 0. The summed E-state index contributed by atoms with van der Waals surface area (Å²) < 4.78 is 28.4. The molecule has 4 nitrogen and oxygen atoms in total. The van der Waals surface area contributed by atoms with E-state index in [4.69, 9.17) is 0 Å². The summed E-state index contributed by atoms with van der Waals surface area (Å²) in [5, 5.41) is 0. The zero-order valence-corrected chi connectivity index (χ0v) is 12.8. The normalized spacial score (nSPS) is 20.6. The van der Waals surface area contributed by atoms with Gasteiger partial charge in [0.05, 0.1) is 6.04 Å². The lowest BCUT2D eigenvalue weighted by molar-refractivity contribution is 0.246. The Kier molecular flexibility index (Phi) is 3.99. The highest BCUT2D eigenvalue weighted by atomic mass is 32.2. The van der Waals surface area contributed by atoms with Crippen LogP contribution in [0.4, 0.5) is 0 Å². The maximum absolute atomic E-state index is 12.2. The summed E-state index contributed by atoms with van der Waals surface area (Å²) in [7, 11) is -1.92. The van der Waals surface area contributed by atoms with Gasteiger partial charge in [0.15, 0.2) is 0 Å². The molecule has 1 unspecified atom stereocenters. The van der Waals surface area contributed by atoms with E-state index >= 15 is 0 Å². The van der Waals surface area contributed by atoms with Gasteiger partial charge in [-0.25, -0.2) is 4.72 Å². The van der Waals surface area contributed by atoms with E-state index in [9.17, 15) is 8.42 Å². The zero-order valence-electron chi connectivity index (χ0n) is 12.0. The molecule has 1 heterocycles. The van der Waals surface area contributed by atoms with Crippen molar-refractivity contribution in [1.29, 1.82) is 0 Å². The van der Waals surface area contributed by atoms with Crippen LogP contribution in [0, 0.1) is 12.8 Å². The topological polar surface area (TPSA) is 49.4 Å². The van der Waals surface area contributed by atoms with E-state index < -0.39 is 10.2 Å². The lowest BCUT2D eigenvalue weighted by atomic mass is 9.87. The quantitative estimate of drug-likeness (QED) is 0.922. The summed E-state index contributed by atoms with van der Waals surface area (Å²) in [6.07, 6.45) is 0.779. The first kappa shape index (κ1) is 14.5. The molecule has 0 bridgehead atoms. The molecule has 1 aliphatic heterocycles. The monoisotopic (exact) mass is 282 g/mol. The minimum absolute atomic E-state index is 0.0817. The molecule has 106 valence electrons. The second-order valence-electron chi connectivity index (χ2n) is 5.46. The Balaban J connectivity index is 2.51. The average molecular weight is 282 g/mol. The Morgan fingerprint density at radius 3 is 2.63 bits per heavy atom. The zero-order chi connectivity index (χ0) is 14.2. The molecule has 0 aliphatic carbocycles. The summed E-state index contributed by atoms with van der Waals surface area (Å²) in [4.78, 5) is 0. The predicted molar refractivity (Wildman–Crippen MR) is 77.1 cm³/mol. The third-order valence-electron chi connectivity index (χ3n) is 3.73. The minimum atomic E-state index is -3.38. The molecule has 0 saturated heterocycles. The fourth-order valence-corrected chi connectivity index (χ4v) is 4.07. The lowest BCUT2D eigenvalue weighted by Gasteiger charge is -2.38. The second-order valence-corrected chi connectivity index (χ2v) is 7.29. The summed E-state index contributed by atoms with van der Waals surface area (Å²) in [5.41, 5.74) is 3.65. The van der Waals surface area contributed by atoms with E-state index in [1.54, 1.807) is 4.31 Å². The Morgan fingerprint density at radius 1 is 1.37 bits per heavy atom. The van der Waals surface area contributed by atoms with Gasteiger partial charge < -0.3 is 0 Å². The van der Waals surface area contributed by atoms with Crippen LogP contribution in [0.15, 0.2) is 18.2 Å². The standard InChI is InChI=1S/C14H22N2O2S/c1-10(2)14-13-6-5-11(3)9-12(13)7-8-16(14)19(17,18)15-4/h5-6,9-10,14-15H,7-8H2,1-4H3. The highest BCUT2D eigenvalue weighted by Crippen LogP contribution is 2.36. The minimum Gasteiger partial charge on any atom is -0.205 e. The van der Waals surface area contributed by atoms with Crippen molar-refractivity contribution in [1.82, 2.24) is 9.03 Å². The Morgan fingerprint density at radius 2 is 2.05 bits per heavy atom. The number of nitrogens with zero attached hydrogens (tertiary/aromatic N) is 1. The number of aryl methyl sites for hydroxylation is 1. The smallest absolute Gasteiger partial charge is 0.205 e. The molecular formula is C14H22N2O2S. The highest BCUT2D eigenvalue weighted by Gasteiger charge is 2.36. The SMILES string of the molecule is CNS(=O)(=O)N1CCc2cc(C)ccc2C1C(C)C. The fraction of sp³-hybridized carbons (Fsp3) is 0.571. The largest absolute Gasteiger partial charge is 0.279 e. The molecular weight excluding hydrogens is 260 g/mol. The van der Waals surface area contributed by atoms with Crippen LogP contribution in [-0.2, 0) is 16.6 Å². The maximum Gasteiger partial charge on any atom is 0.279 e. The summed E-state index contributed by atoms with van der Waals surface area (Å²) in [6, 6.07) is 6.23. The molecule has 1 N–H and O–H groups in total. The molecule has 0 radical (unpaired) electrons. The van der Waals surface area contributed by atoms with E-state index in [-0.39, 0.29) is 12.0 Å². The van der Waals surface area contributed by atoms with E-state index in [0.29, 0.717) is 6.54 Å². The van der Waals surface area contributed by atoms with Crippen LogP contribution in [0.3, 0.4) is 0 Å². The molecule has 0 saturated carbocycles. The number of benzene rings is 1. The molecule has 1 aromatic carbocycles. The molecule has 1 atom stereocenters. The second kappa shape index (κ2) is 5.23. The van der Waals surface area contributed by atoms with E-state index in [1.165, 1.54) is 18.2 Å². The first-order chi connectivity index (χ1) is 8.86. The van der Waals surface area contributed by atoms with E-state index in [2.05, 4.69) is 43.7 Å². The van der Waals surface area contributed by atoms with Crippen LogP contribution in [0.5, 0.6) is 0 Å². The fourth-order valence-electron chi connectivity index (χ4n) is 2.84. The molecule has 0 fully saturated rings. The number of hydrogen-bond donors (Lipinski definition) is 1. The molecule has 19 heavy (non-hydrogen) atoms. The van der Waals surface area contributed by atoms with Crippen molar-refractivity contribution in [3.8, 4) is 0 Å². The van der Waals surface area contributed by atoms with Crippen LogP contribution in [0.25, 0.3) is 0 Å².